The van der Waals surface area contributed by atoms with Crippen LogP contribution in [0.15, 0.2) is 0 Å². The van der Waals surface area contributed by atoms with Crippen molar-refractivity contribution in [1.82, 2.24) is 14.9 Å². The van der Waals surface area contributed by atoms with E-state index in [1.54, 1.807) is 11.8 Å². The summed E-state index contributed by atoms with van der Waals surface area (Å²) in [6.07, 6.45) is 0.955. The first-order valence-corrected chi connectivity index (χ1v) is 10.4. The summed E-state index contributed by atoms with van der Waals surface area (Å²) >= 11 is 0. The molecule has 0 aliphatic carbocycles. The number of hydrogen-bond acceptors (Lipinski definition) is 5. The average molecular weight is 378 g/mol. The topological polar surface area (TPSA) is 105 Å². The van der Waals surface area contributed by atoms with Crippen molar-refractivity contribution in [2.24, 2.45) is 5.92 Å². The van der Waals surface area contributed by atoms with Gasteiger partial charge in [0.2, 0.25) is 15.9 Å². The molecule has 146 valence electrons. The standard InChI is InChI=1S/C16H31N3O5S/c1-5-24-16(21)18-14(10-12(2)3)11-17-25(22,23)15-6-8-19(9-7-15)13(4)20/h12,14-15,17H,5-11H2,1-4H3,(H,18,21)/t14-/m1/s1. The smallest absolute Gasteiger partial charge is 0.407 e. The van der Waals surface area contributed by atoms with Gasteiger partial charge >= 0.3 is 6.09 Å². The number of hydrogen-bond donors (Lipinski definition) is 2. The number of alkyl carbamates (subject to hydrolysis) is 1. The summed E-state index contributed by atoms with van der Waals surface area (Å²) in [5.41, 5.74) is 0. The highest BCUT2D eigenvalue weighted by molar-refractivity contribution is 7.90. The molecule has 1 atom stereocenters. The van der Waals surface area contributed by atoms with E-state index in [1.165, 1.54) is 6.92 Å². The maximum Gasteiger partial charge on any atom is 0.407 e. The van der Waals surface area contributed by atoms with Crippen molar-refractivity contribution < 1.29 is 22.7 Å². The molecule has 0 aromatic rings. The van der Waals surface area contributed by atoms with Crippen molar-refractivity contribution >= 4 is 22.0 Å². The van der Waals surface area contributed by atoms with Crippen LogP contribution in [-0.4, -0.2) is 62.9 Å². The summed E-state index contributed by atoms with van der Waals surface area (Å²) in [5.74, 6) is 0.273. The van der Waals surface area contributed by atoms with E-state index < -0.39 is 21.4 Å². The minimum absolute atomic E-state index is 0.0283. The van der Waals surface area contributed by atoms with Crippen molar-refractivity contribution in [3.63, 3.8) is 0 Å². The molecule has 1 aliphatic heterocycles. The van der Waals surface area contributed by atoms with Crippen LogP contribution in [0.1, 0.15) is 47.0 Å². The lowest BCUT2D eigenvalue weighted by molar-refractivity contribution is -0.129. The Bertz CT molecular complexity index is 542. The SMILES string of the molecule is CCOC(=O)N[C@@H](CNS(=O)(=O)C1CCN(C(C)=O)CC1)CC(C)C. The Labute approximate surface area is 150 Å². The molecule has 0 radical (unpaired) electrons. The van der Waals surface area contributed by atoms with Gasteiger partial charge in [-0.05, 0) is 32.1 Å². The Morgan fingerprint density at radius 1 is 1.24 bits per heavy atom. The summed E-state index contributed by atoms with van der Waals surface area (Å²) in [6, 6.07) is -0.328. The van der Waals surface area contributed by atoms with Crippen LogP contribution in [-0.2, 0) is 19.6 Å². The highest BCUT2D eigenvalue weighted by Crippen LogP contribution is 2.17. The van der Waals surface area contributed by atoms with Gasteiger partial charge in [-0.1, -0.05) is 13.8 Å². The zero-order chi connectivity index (χ0) is 19.0. The van der Waals surface area contributed by atoms with Gasteiger partial charge in [0.1, 0.15) is 0 Å². The third kappa shape index (κ3) is 7.60. The number of carbonyl (C=O) groups excluding carboxylic acids is 2. The zero-order valence-electron chi connectivity index (χ0n) is 15.6. The molecule has 1 aliphatic rings. The molecule has 0 saturated carbocycles. The number of sulfonamides is 1. The monoisotopic (exact) mass is 377 g/mol. The van der Waals surface area contributed by atoms with Gasteiger partial charge in [-0.15, -0.1) is 0 Å². The highest BCUT2D eigenvalue weighted by Gasteiger charge is 2.31. The van der Waals surface area contributed by atoms with E-state index in [4.69, 9.17) is 4.74 Å². The lowest BCUT2D eigenvalue weighted by atomic mass is 10.0. The van der Waals surface area contributed by atoms with Crippen LogP contribution in [0.25, 0.3) is 0 Å². The summed E-state index contributed by atoms with van der Waals surface area (Å²) in [7, 11) is -3.49. The number of rotatable bonds is 8. The van der Waals surface area contributed by atoms with Crippen molar-refractivity contribution in [3.8, 4) is 0 Å². The van der Waals surface area contributed by atoms with E-state index in [0.717, 1.165) is 0 Å². The third-order valence-electron chi connectivity index (χ3n) is 4.21. The number of nitrogens with zero attached hydrogens (tertiary/aromatic N) is 1. The molecule has 0 spiro atoms. The van der Waals surface area contributed by atoms with Crippen LogP contribution in [0.3, 0.4) is 0 Å². The summed E-state index contributed by atoms with van der Waals surface area (Å²) in [6.45, 7) is 8.52. The Hall–Kier alpha value is -1.35. The lowest BCUT2D eigenvalue weighted by Crippen LogP contribution is -2.49. The Morgan fingerprint density at radius 2 is 1.84 bits per heavy atom. The fourth-order valence-corrected chi connectivity index (χ4v) is 4.42. The first-order valence-electron chi connectivity index (χ1n) is 8.83. The summed E-state index contributed by atoms with van der Waals surface area (Å²) < 4.78 is 32.5. The van der Waals surface area contributed by atoms with E-state index in [9.17, 15) is 18.0 Å². The quantitative estimate of drug-likeness (QED) is 0.658. The molecule has 0 unspecified atom stereocenters. The van der Waals surface area contributed by atoms with E-state index in [0.29, 0.717) is 38.3 Å². The van der Waals surface area contributed by atoms with E-state index in [2.05, 4.69) is 10.0 Å². The molecule has 1 rings (SSSR count). The molecule has 2 amide bonds. The zero-order valence-corrected chi connectivity index (χ0v) is 16.4. The number of amides is 2. The maximum absolute atomic E-state index is 12.5. The molecule has 2 N–H and O–H groups in total. The first-order chi connectivity index (χ1) is 11.7. The van der Waals surface area contributed by atoms with Gasteiger partial charge in [0.15, 0.2) is 0 Å². The van der Waals surface area contributed by atoms with Gasteiger partial charge in [-0.3, -0.25) is 4.79 Å². The van der Waals surface area contributed by atoms with Gasteiger partial charge in [-0.2, -0.15) is 0 Å². The van der Waals surface area contributed by atoms with Crippen LogP contribution in [0.4, 0.5) is 4.79 Å². The van der Waals surface area contributed by atoms with Crippen molar-refractivity contribution in [2.45, 2.75) is 58.2 Å². The number of ether oxygens (including phenoxy) is 1. The molecule has 0 aromatic carbocycles. The Balaban J connectivity index is 2.58. The molecule has 0 bridgehead atoms. The predicted octanol–water partition coefficient (Wildman–Crippen LogP) is 1.08. The Kier molecular flexibility index (Phi) is 8.64. The average Bonchev–Trinajstić information content (AvgIpc) is 2.52. The molecule has 1 saturated heterocycles. The van der Waals surface area contributed by atoms with Crippen molar-refractivity contribution in [2.75, 3.05) is 26.2 Å². The van der Waals surface area contributed by atoms with Crippen LogP contribution in [0.2, 0.25) is 0 Å². The van der Waals surface area contributed by atoms with Gasteiger partial charge in [-0.25, -0.2) is 17.9 Å². The molecule has 25 heavy (non-hydrogen) atoms. The van der Waals surface area contributed by atoms with Crippen molar-refractivity contribution in [1.29, 1.82) is 0 Å². The molecule has 0 aromatic heterocycles. The highest BCUT2D eigenvalue weighted by atomic mass is 32.2. The lowest BCUT2D eigenvalue weighted by Gasteiger charge is -2.31. The second kappa shape index (κ2) is 9.96. The first kappa shape index (κ1) is 21.7. The van der Waals surface area contributed by atoms with Gasteiger partial charge in [0, 0.05) is 32.6 Å². The van der Waals surface area contributed by atoms with Gasteiger partial charge in [0.05, 0.1) is 11.9 Å². The van der Waals surface area contributed by atoms with Gasteiger partial charge in [0.25, 0.3) is 0 Å². The molecular weight excluding hydrogens is 346 g/mol. The molecule has 1 heterocycles. The Morgan fingerprint density at radius 3 is 2.32 bits per heavy atom. The van der Waals surface area contributed by atoms with Crippen molar-refractivity contribution in [3.05, 3.63) is 0 Å². The van der Waals surface area contributed by atoms with Crippen LogP contribution in [0.5, 0.6) is 0 Å². The van der Waals surface area contributed by atoms with Crippen LogP contribution >= 0.6 is 0 Å². The van der Waals surface area contributed by atoms with Crippen LogP contribution < -0.4 is 10.0 Å². The minimum Gasteiger partial charge on any atom is -0.450 e. The predicted molar refractivity (Wildman–Crippen MR) is 95.6 cm³/mol. The molecular formula is C16H31N3O5S. The molecule has 9 heteroatoms. The van der Waals surface area contributed by atoms with E-state index in [1.807, 2.05) is 13.8 Å². The summed E-state index contributed by atoms with van der Waals surface area (Å²) in [4.78, 5) is 24.6. The van der Waals surface area contributed by atoms with Gasteiger partial charge < -0.3 is 15.0 Å². The van der Waals surface area contributed by atoms with Crippen LogP contribution in [0, 0.1) is 5.92 Å². The molecule has 1 fully saturated rings. The number of nitrogens with one attached hydrogen (secondary N) is 2. The number of carbonyl (C=O) groups is 2. The number of piperidine rings is 1. The fourth-order valence-electron chi connectivity index (χ4n) is 2.92. The summed E-state index contributed by atoms with van der Waals surface area (Å²) in [5, 5.41) is 2.20. The normalized spacial score (nSPS) is 17.4. The minimum atomic E-state index is -3.49. The van der Waals surface area contributed by atoms with E-state index >= 15 is 0 Å². The second-order valence-corrected chi connectivity index (χ2v) is 8.84. The molecule has 8 nitrogen and oxygen atoms in total. The fraction of sp³-hybridized carbons (Fsp3) is 0.875. The second-order valence-electron chi connectivity index (χ2n) is 6.79. The largest absolute Gasteiger partial charge is 0.450 e. The number of likely N-dealkylation sites (tertiary alicyclic amines) is 1. The maximum atomic E-state index is 12.5. The third-order valence-corrected chi connectivity index (χ3v) is 6.13. The van der Waals surface area contributed by atoms with E-state index in [-0.39, 0.29) is 25.1 Å².